The van der Waals surface area contributed by atoms with Crippen molar-refractivity contribution in [1.29, 1.82) is 0 Å². The molecule has 0 aromatic heterocycles. The molecule has 8 N–H and O–H groups in total. The first-order valence-corrected chi connectivity index (χ1v) is 18.0. The molecule has 0 spiro atoms. The second kappa shape index (κ2) is 12.2. The van der Waals surface area contributed by atoms with Crippen LogP contribution in [0.1, 0.15) is 85.5 Å². The van der Waals surface area contributed by atoms with Gasteiger partial charge in [-0.2, -0.15) is 0 Å². The summed E-state index contributed by atoms with van der Waals surface area (Å²) in [5, 5.41) is 53.9. The first-order valence-electron chi connectivity index (χ1n) is 18.0. The van der Waals surface area contributed by atoms with Crippen molar-refractivity contribution in [3.05, 3.63) is 0 Å². The topological polar surface area (TPSA) is 197 Å². The van der Waals surface area contributed by atoms with Gasteiger partial charge in [-0.15, -0.1) is 0 Å². The van der Waals surface area contributed by atoms with Crippen LogP contribution in [0, 0.1) is 57.2 Å². The third kappa shape index (κ3) is 4.81. The molecule has 4 heterocycles. The molecule has 6 rings (SSSR count). The molecule has 0 amide bonds. The Kier molecular flexibility index (Phi) is 9.01. The molecule has 4 aliphatic heterocycles. The zero-order valence-electron chi connectivity index (χ0n) is 28.4. The smallest absolute Gasteiger partial charge is 0.320 e. The van der Waals surface area contributed by atoms with Gasteiger partial charge in [-0.1, -0.05) is 34.1 Å². The summed E-state index contributed by atoms with van der Waals surface area (Å²) in [6, 6.07) is -2.64. The van der Waals surface area contributed by atoms with Crippen molar-refractivity contribution in [1.82, 2.24) is 21.3 Å². The zero-order valence-corrected chi connectivity index (χ0v) is 28.4. The average Bonchev–Trinajstić information content (AvgIpc) is 3.83. The number of carbonyl (C=O) groups is 4. The summed E-state index contributed by atoms with van der Waals surface area (Å²) < 4.78 is 0. The molecule has 4 saturated heterocycles. The van der Waals surface area contributed by atoms with Gasteiger partial charge in [-0.3, -0.25) is 19.2 Å². The highest BCUT2D eigenvalue weighted by Gasteiger charge is 2.85. The van der Waals surface area contributed by atoms with Crippen molar-refractivity contribution in [2.75, 3.05) is 26.2 Å². The van der Waals surface area contributed by atoms with Gasteiger partial charge in [0.2, 0.25) is 0 Å². The highest BCUT2D eigenvalue weighted by atomic mass is 16.4. The van der Waals surface area contributed by atoms with Crippen molar-refractivity contribution in [2.45, 2.75) is 110 Å². The van der Waals surface area contributed by atoms with Crippen LogP contribution in [0.3, 0.4) is 0 Å². The molecule has 264 valence electrons. The van der Waals surface area contributed by atoms with Crippen LogP contribution in [0.15, 0.2) is 0 Å². The first-order chi connectivity index (χ1) is 22.2. The number of hydrogen-bond acceptors (Lipinski definition) is 8. The largest absolute Gasteiger partial charge is 0.480 e. The first kappa shape index (κ1) is 34.6. The summed E-state index contributed by atoms with van der Waals surface area (Å²) in [6.07, 6.45) is 6.49. The van der Waals surface area contributed by atoms with Crippen LogP contribution < -0.4 is 21.3 Å². The SMILES string of the molecule is CCC[C@H]([C@H]1CN[C@H](C(=O)O)C1)[C@]1([C@@H]2CN[C@H](C(=O)O)C2)C[C@]2(C)[C@@H](C)CC[C@](C)([C@H]3CN[C@@H](C(=O)O)C3)C12[C@@H]1CN[C@@H](C(=O)O)C1. The lowest BCUT2D eigenvalue weighted by Gasteiger charge is -2.86. The maximum Gasteiger partial charge on any atom is 0.320 e. The molecule has 0 radical (unpaired) electrons. The molecule has 0 aromatic rings. The lowest BCUT2D eigenvalue weighted by atomic mass is 9.18. The molecule has 0 aromatic carbocycles. The van der Waals surface area contributed by atoms with Gasteiger partial charge in [0, 0.05) is 0 Å². The number of fused-ring (bicyclic) bond motifs is 1. The minimum Gasteiger partial charge on any atom is -0.480 e. The molecule has 14 atom stereocenters. The van der Waals surface area contributed by atoms with Gasteiger partial charge in [-0.25, -0.2) is 0 Å². The normalized spacial score (nSPS) is 48.5. The van der Waals surface area contributed by atoms with Gasteiger partial charge in [0.1, 0.15) is 24.2 Å². The Hall–Kier alpha value is -2.28. The Balaban J connectivity index is 1.60. The van der Waals surface area contributed by atoms with Crippen molar-refractivity contribution >= 4 is 23.9 Å². The van der Waals surface area contributed by atoms with Crippen molar-refractivity contribution in [3.63, 3.8) is 0 Å². The molecule has 12 nitrogen and oxygen atoms in total. The van der Waals surface area contributed by atoms with Gasteiger partial charge in [0.15, 0.2) is 0 Å². The van der Waals surface area contributed by atoms with E-state index in [-0.39, 0.29) is 40.4 Å². The number of nitrogens with one attached hydrogen (secondary N) is 4. The molecular weight excluding hydrogens is 604 g/mol. The van der Waals surface area contributed by atoms with Crippen LogP contribution >= 0.6 is 0 Å². The van der Waals surface area contributed by atoms with E-state index in [0.29, 0.717) is 57.8 Å². The predicted octanol–water partition coefficient (Wildman–Crippen LogP) is 2.47. The summed E-state index contributed by atoms with van der Waals surface area (Å²) in [7, 11) is 0. The Morgan fingerprint density at radius 3 is 1.66 bits per heavy atom. The fraction of sp³-hybridized carbons (Fsp3) is 0.886. The number of carboxylic acid groups (broad SMARTS) is 4. The molecule has 6 aliphatic rings. The van der Waals surface area contributed by atoms with Crippen LogP contribution in [-0.4, -0.2) is 94.6 Å². The molecule has 12 heteroatoms. The van der Waals surface area contributed by atoms with Crippen molar-refractivity contribution in [2.24, 2.45) is 57.2 Å². The molecule has 47 heavy (non-hydrogen) atoms. The van der Waals surface area contributed by atoms with Gasteiger partial charge in [-0.05, 0) is 135 Å². The van der Waals surface area contributed by atoms with Crippen LogP contribution in [0.5, 0.6) is 0 Å². The Bertz CT molecular complexity index is 1280. The molecule has 6 fully saturated rings. The maximum absolute atomic E-state index is 12.5. The Morgan fingerprint density at radius 2 is 1.15 bits per heavy atom. The van der Waals surface area contributed by atoms with Crippen LogP contribution in [0.2, 0.25) is 0 Å². The lowest BCUT2D eigenvalue weighted by Crippen LogP contribution is -2.82. The predicted molar refractivity (Wildman–Crippen MR) is 173 cm³/mol. The van der Waals surface area contributed by atoms with Crippen molar-refractivity contribution in [3.8, 4) is 0 Å². The van der Waals surface area contributed by atoms with E-state index >= 15 is 0 Å². The highest BCUT2D eigenvalue weighted by molar-refractivity contribution is 5.75. The molecule has 2 saturated carbocycles. The third-order valence-electron chi connectivity index (χ3n) is 15.2. The Labute approximate surface area is 277 Å². The zero-order chi connectivity index (χ0) is 34.1. The van der Waals surface area contributed by atoms with E-state index in [4.69, 9.17) is 0 Å². The summed E-state index contributed by atoms with van der Waals surface area (Å²) >= 11 is 0. The maximum atomic E-state index is 12.5. The summed E-state index contributed by atoms with van der Waals surface area (Å²) in [6.45, 7) is 11.5. The van der Waals surface area contributed by atoms with Crippen LogP contribution in [0.4, 0.5) is 0 Å². The fourth-order valence-electron chi connectivity index (χ4n) is 13.6. The number of hydrogen-bond donors (Lipinski definition) is 8. The summed E-state index contributed by atoms with van der Waals surface area (Å²) in [5.74, 6) is -2.92. The van der Waals surface area contributed by atoms with Crippen LogP contribution in [-0.2, 0) is 19.2 Å². The monoisotopic (exact) mass is 660 g/mol. The summed E-state index contributed by atoms with van der Waals surface area (Å²) in [5.41, 5.74) is -1.41. The fourth-order valence-corrected chi connectivity index (χ4v) is 13.6. The molecule has 2 aliphatic carbocycles. The highest BCUT2D eigenvalue weighted by Crippen LogP contribution is 2.89. The number of aliphatic carboxylic acids is 4. The van der Waals surface area contributed by atoms with Crippen molar-refractivity contribution < 1.29 is 39.6 Å². The minimum atomic E-state index is -0.864. The van der Waals surface area contributed by atoms with E-state index in [1.807, 2.05) is 0 Å². The minimum absolute atomic E-state index is 0.00441. The lowest BCUT2D eigenvalue weighted by molar-refractivity contribution is -0.385. The van der Waals surface area contributed by atoms with Gasteiger partial charge < -0.3 is 41.7 Å². The standard InChI is InChI=1S/C35H56N4O8/c1-5-6-23(19-9-24(28(40)41)36-13-19)34(21-11-26(30(44)45)38-15-21)17-33(4)18(2)7-8-32(3,20-10-25(29(42)43)37-14-20)35(33,34)22-12-27(31(46)47)39-16-22/h18-27,36-39H,5-17H2,1-4H3,(H,40,41)(H,42,43)(H,44,45)(H,46,47)/t18-,19+,20+,21-,22-,23+,24-,25+,26-,27+,32+,33+,34+,35?/m0/s1. The number of carboxylic acids is 4. The molecular formula is C35H56N4O8. The second-order valence-electron chi connectivity index (χ2n) is 16.7. The van der Waals surface area contributed by atoms with Gasteiger partial charge in [0.05, 0.1) is 0 Å². The molecule has 1 unspecified atom stereocenters. The van der Waals surface area contributed by atoms with Gasteiger partial charge in [0.25, 0.3) is 0 Å². The number of rotatable bonds is 11. The quantitative estimate of drug-likeness (QED) is 0.161. The van der Waals surface area contributed by atoms with E-state index in [0.717, 1.165) is 32.1 Å². The van der Waals surface area contributed by atoms with Gasteiger partial charge >= 0.3 is 23.9 Å². The Morgan fingerprint density at radius 1 is 0.681 bits per heavy atom. The van der Waals surface area contributed by atoms with Crippen LogP contribution in [0.25, 0.3) is 0 Å². The van der Waals surface area contributed by atoms with E-state index in [2.05, 4.69) is 49.0 Å². The van der Waals surface area contributed by atoms with E-state index in [9.17, 15) is 39.6 Å². The summed E-state index contributed by atoms with van der Waals surface area (Å²) in [4.78, 5) is 49.5. The third-order valence-corrected chi connectivity index (χ3v) is 15.2. The molecule has 0 bridgehead atoms. The average molecular weight is 661 g/mol. The van der Waals surface area contributed by atoms with E-state index < -0.39 is 58.9 Å². The second-order valence-corrected chi connectivity index (χ2v) is 16.7. The van der Waals surface area contributed by atoms with E-state index in [1.54, 1.807) is 0 Å². The van der Waals surface area contributed by atoms with E-state index in [1.165, 1.54) is 0 Å².